The van der Waals surface area contributed by atoms with Gasteiger partial charge >= 0.3 is 0 Å². The van der Waals surface area contributed by atoms with Gasteiger partial charge in [0, 0.05) is 17.5 Å². The molecule has 16 heavy (non-hydrogen) atoms. The van der Waals surface area contributed by atoms with Crippen LogP contribution in [0.4, 0.5) is 4.39 Å². The summed E-state index contributed by atoms with van der Waals surface area (Å²) in [5.74, 6) is 0.203. The molecule has 2 rings (SSSR count). The van der Waals surface area contributed by atoms with E-state index in [1.54, 1.807) is 12.1 Å². The monoisotopic (exact) mass is 225 g/mol. The second-order valence-electron chi connectivity index (χ2n) is 4.36. The Labute approximate surface area is 94.0 Å². The minimum atomic E-state index is -0.462. The lowest BCUT2D eigenvalue weighted by molar-refractivity contribution is 0.0193. The summed E-state index contributed by atoms with van der Waals surface area (Å²) in [6.07, 6.45) is 0.620. The third-order valence-electron chi connectivity index (χ3n) is 3.37. The molecule has 0 aliphatic heterocycles. The quantitative estimate of drug-likeness (QED) is 0.812. The summed E-state index contributed by atoms with van der Waals surface area (Å²) in [5, 5.41) is 9.41. The van der Waals surface area contributed by atoms with Crippen molar-refractivity contribution in [3.63, 3.8) is 0 Å². The van der Waals surface area contributed by atoms with Crippen LogP contribution >= 0.6 is 0 Å². The van der Waals surface area contributed by atoms with Crippen molar-refractivity contribution >= 4 is 0 Å². The van der Waals surface area contributed by atoms with E-state index in [1.807, 2.05) is 0 Å². The third kappa shape index (κ3) is 1.58. The second kappa shape index (κ2) is 4.03. The summed E-state index contributed by atoms with van der Waals surface area (Å²) in [4.78, 5) is 0. The summed E-state index contributed by atoms with van der Waals surface area (Å²) in [6, 6.07) is 4.73. The highest BCUT2D eigenvalue weighted by atomic mass is 19.1. The molecule has 1 saturated carbocycles. The van der Waals surface area contributed by atoms with Gasteiger partial charge in [0.05, 0.1) is 13.2 Å². The highest BCUT2D eigenvalue weighted by Gasteiger charge is 2.47. The van der Waals surface area contributed by atoms with Crippen LogP contribution in [0.1, 0.15) is 18.4 Å². The zero-order valence-corrected chi connectivity index (χ0v) is 9.24. The van der Waals surface area contributed by atoms with Crippen LogP contribution < -0.4 is 10.5 Å². The van der Waals surface area contributed by atoms with Gasteiger partial charge in [0.2, 0.25) is 0 Å². The van der Waals surface area contributed by atoms with Crippen LogP contribution in [0.3, 0.4) is 0 Å². The van der Waals surface area contributed by atoms with E-state index in [1.165, 1.54) is 13.2 Å². The highest BCUT2D eigenvalue weighted by Crippen LogP contribution is 2.47. The van der Waals surface area contributed by atoms with Crippen molar-refractivity contribution in [3.8, 4) is 5.75 Å². The van der Waals surface area contributed by atoms with E-state index in [2.05, 4.69) is 0 Å². The molecule has 0 bridgehead atoms. The van der Waals surface area contributed by atoms with Gasteiger partial charge in [0.15, 0.2) is 0 Å². The fourth-order valence-electron chi connectivity index (χ4n) is 2.50. The second-order valence-corrected chi connectivity index (χ2v) is 4.36. The Morgan fingerprint density at radius 3 is 2.75 bits per heavy atom. The lowest BCUT2D eigenvalue weighted by Crippen LogP contribution is -2.50. The Morgan fingerprint density at radius 2 is 2.25 bits per heavy atom. The van der Waals surface area contributed by atoms with Gasteiger partial charge in [-0.1, -0.05) is 6.07 Å². The molecule has 0 spiro atoms. The highest BCUT2D eigenvalue weighted by molar-refractivity contribution is 5.43. The van der Waals surface area contributed by atoms with E-state index in [0.29, 0.717) is 30.7 Å². The maximum absolute atomic E-state index is 13.9. The summed E-state index contributed by atoms with van der Waals surface area (Å²) in [5.41, 5.74) is 5.76. The van der Waals surface area contributed by atoms with Gasteiger partial charge in [0.25, 0.3) is 0 Å². The number of benzene rings is 1. The van der Waals surface area contributed by atoms with Gasteiger partial charge < -0.3 is 15.6 Å². The summed E-state index contributed by atoms with van der Waals surface area (Å²) < 4.78 is 19.0. The standard InChI is InChI=1S/C12H16FNO2/c1-16-10-4-2-3-9(13)11(10)12(7-14)5-8(15)6-12/h2-4,8,15H,5-7,14H2,1H3. The molecule has 0 unspecified atom stereocenters. The van der Waals surface area contributed by atoms with Crippen LogP contribution in [0.25, 0.3) is 0 Å². The van der Waals surface area contributed by atoms with Crippen LogP contribution in [0.15, 0.2) is 18.2 Å². The molecule has 0 atom stereocenters. The van der Waals surface area contributed by atoms with Crippen molar-refractivity contribution in [1.29, 1.82) is 0 Å². The molecule has 3 nitrogen and oxygen atoms in total. The first kappa shape index (κ1) is 11.4. The Hall–Kier alpha value is -1.13. The van der Waals surface area contributed by atoms with Crippen LogP contribution in [-0.2, 0) is 5.41 Å². The van der Waals surface area contributed by atoms with Gasteiger partial charge in [-0.3, -0.25) is 0 Å². The van der Waals surface area contributed by atoms with Crippen LogP contribution in [-0.4, -0.2) is 24.9 Å². The smallest absolute Gasteiger partial charge is 0.130 e. The minimum absolute atomic E-state index is 0.309. The molecule has 88 valence electrons. The fraction of sp³-hybridized carbons (Fsp3) is 0.500. The Kier molecular flexibility index (Phi) is 2.86. The van der Waals surface area contributed by atoms with E-state index < -0.39 is 5.41 Å². The summed E-state index contributed by atoms with van der Waals surface area (Å²) in [7, 11) is 1.51. The predicted octanol–water partition coefficient (Wildman–Crippen LogP) is 1.19. The molecule has 1 fully saturated rings. The van der Waals surface area contributed by atoms with E-state index in [0.717, 1.165) is 0 Å². The number of halogens is 1. The van der Waals surface area contributed by atoms with Crippen molar-refractivity contribution in [2.45, 2.75) is 24.4 Å². The number of hydrogen-bond donors (Lipinski definition) is 2. The number of nitrogens with two attached hydrogens (primary N) is 1. The van der Waals surface area contributed by atoms with E-state index in [4.69, 9.17) is 10.5 Å². The molecule has 0 aromatic heterocycles. The summed E-state index contributed by atoms with van der Waals surface area (Å²) in [6.45, 7) is 0.321. The maximum atomic E-state index is 13.9. The molecule has 1 aliphatic carbocycles. The SMILES string of the molecule is COc1cccc(F)c1C1(CN)CC(O)C1. The summed E-state index contributed by atoms with van der Waals surface area (Å²) >= 11 is 0. The Morgan fingerprint density at radius 1 is 1.56 bits per heavy atom. The minimum Gasteiger partial charge on any atom is -0.496 e. The molecular weight excluding hydrogens is 209 g/mol. The van der Waals surface area contributed by atoms with E-state index >= 15 is 0 Å². The lowest BCUT2D eigenvalue weighted by Gasteiger charge is -2.45. The van der Waals surface area contributed by atoms with Gasteiger partial charge in [-0.05, 0) is 25.0 Å². The molecule has 0 saturated heterocycles. The molecule has 1 aromatic carbocycles. The molecule has 0 amide bonds. The average Bonchev–Trinajstić information content (AvgIpc) is 2.24. The van der Waals surface area contributed by atoms with Crippen LogP contribution in [0.5, 0.6) is 5.75 Å². The van der Waals surface area contributed by atoms with Gasteiger partial charge in [-0.25, -0.2) is 4.39 Å². The van der Waals surface area contributed by atoms with Crippen molar-refractivity contribution < 1.29 is 14.2 Å². The largest absolute Gasteiger partial charge is 0.496 e. The fourth-order valence-corrected chi connectivity index (χ4v) is 2.50. The third-order valence-corrected chi connectivity index (χ3v) is 3.37. The number of methoxy groups -OCH3 is 1. The van der Waals surface area contributed by atoms with E-state index in [-0.39, 0.29) is 11.9 Å². The molecule has 1 aromatic rings. The first-order valence-electron chi connectivity index (χ1n) is 5.34. The normalized spacial score (nSPS) is 28.6. The maximum Gasteiger partial charge on any atom is 0.130 e. The van der Waals surface area contributed by atoms with Crippen molar-refractivity contribution in [2.24, 2.45) is 5.73 Å². The van der Waals surface area contributed by atoms with Gasteiger partial charge in [-0.2, -0.15) is 0 Å². The van der Waals surface area contributed by atoms with Crippen molar-refractivity contribution in [3.05, 3.63) is 29.6 Å². The number of hydrogen-bond acceptors (Lipinski definition) is 3. The van der Waals surface area contributed by atoms with Gasteiger partial charge in [-0.15, -0.1) is 0 Å². The predicted molar refractivity (Wildman–Crippen MR) is 58.9 cm³/mol. The molecular formula is C12H16FNO2. The lowest BCUT2D eigenvalue weighted by atomic mass is 9.62. The average molecular weight is 225 g/mol. The molecule has 3 N–H and O–H groups in total. The number of aliphatic hydroxyl groups excluding tert-OH is 1. The first-order valence-corrected chi connectivity index (χ1v) is 5.34. The first-order chi connectivity index (χ1) is 7.63. The number of aliphatic hydroxyl groups is 1. The Balaban J connectivity index is 2.46. The van der Waals surface area contributed by atoms with Crippen molar-refractivity contribution in [1.82, 2.24) is 0 Å². The molecule has 4 heteroatoms. The topological polar surface area (TPSA) is 55.5 Å². The zero-order valence-electron chi connectivity index (χ0n) is 9.24. The van der Waals surface area contributed by atoms with E-state index in [9.17, 15) is 9.50 Å². The molecule has 0 heterocycles. The molecule has 0 radical (unpaired) electrons. The van der Waals surface area contributed by atoms with Crippen LogP contribution in [0, 0.1) is 5.82 Å². The van der Waals surface area contributed by atoms with Crippen molar-refractivity contribution in [2.75, 3.05) is 13.7 Å². The number of ether oxygens (including phenoxy) is 1. The number of rotatable bonds is 3. The zero-order chi connectivity index (χ0) is 11.8. The Bertz CT molecular complexity index is 389. The molecule has 1 aliphatic rings. The van der Waals surface area contributed by atoms with Gasteiger partial charge in [0.1, 0.15) is 11.6 Å². The van der Waals surface area contributed by atoms with Crippen LogP contribution in [0.2, 0.25) is 0 Å².